The second kappa shape index (κ2) is 5.30. The lowest BCUT2D eigenvalue weighted by Crippen LogP contribution is -2.13. The molecule has 19 heavy (non-hydrogen) atoms. The van der Waals surface area contributed by atoms with Crippen LogP contribution in [0.4, 0.5) is 13.2 Å². The minimum absolute atomic E-state index is 0.0133. The second-order valence-electron chi connectivity index (χ2n) is 4.05. The fourth-order valence-electron chi connectivity index (χ4n) is 1.80. The van der Waals surface area contributed by atoms with Crippen molar-refractivity contribution in [3.8, 4) is 0 Å². The lowest BCUT2D eigenvalue weighted by Gasteiger charge is -2.11. The van der Waals surface area contributed by atoms with Crippen LogP contribution in [0.25, 0.3) is 0 Å². The predicted molar refractivity (Wildman–Crippen MR) is 62.8 cm³/mol. The number of ketones is 1. The highest BCUT2D eigenvalue weighted by molar-refractivity contribution is 5.97. The van der Waals surface area contributed by atoms with Gasteiger partial charge in [0.15, 0.2) is 5.78 Å². The Morgan fingerprint density at radius 1 is 1.11 bits per heavy atom. The maximum atomic E-state index is 12.8. The molecule has 1 aromatic carbocycles. The first-order valence-electron chi connectivity index (χ1n) is 5.70. The van der Waals surface area contributed by atoms with Gasteiger partial charge in [-0.3, -0.25) is 4.79 Å². The van der Waals surface area contributed by atoms with Crippen molar-refractivity contribution in [2.45, 2.75) is 19.0 Å². The monoisotopic (exact) mass is 268 g/mol. The van der Waals surface area contributed by atoms with Gasteiger partial charge in [-0.05, 0) is 18.2 Å². The summed E-state index contributed by atoms with van der Waals surface area (Å²) >= 11 is 0. The average molecular weight is 268 g/mol. The molecule has 0 amide bonds. The Kier molecular flexibility index (Phi) is 3.74. The highest BCUT2D eigenvalue weighted by Gasteiger charge is 2.34. The Labute approximate surface area is 107 Å². The van der Waals surface area contributed by atoms with Crippen LogP contribution < -0.4 is 0 Å². The summed E-state index contributed by atoms with van der Waals surface area (Å²) in [6.07, 6.45) is -2.78. The third-order valence-corrected chi connectivity index (χ3v) is 2.71. The first kappa shape index (κ1) is 13.4. The van der Waals surface area contributed by atoms with Gasteiger partial charge in [-0.1, -0.05) is 18.2 Å². The lowest BCUT2D eigenvalue weighted by atomic mass is 10.00. The van der Waals surface area contributed by atoms with Gasteiger partial charge in [-0.25, -0.2) is 0 Å². The molecule has 100 valence electrons. The molecule has 0 N–H and O–H groups in total. The maximum Gasteiger partial charge on any atom is 0.417 e. The number of hydrogen-bond acceptors (Lipinski definition) is 2. The SMILES string of the molecule is O=C(CCc1ccco1)c1ccccc1C(F)(F)F. The summed E-state index contributed by atoms with van der Waals surface area (Å²) in [5.41, 5.74) is -1.18. The first-order valence-corrected chi connectivity index (χ1v) is 5.70. The minimum atomic E-state index is -4.52. The summed E-state index contributed by atoms with van der Waals surface area (Å²) in [5, 5.41) is 0. The van der Waals surface area contributed by atoms with Crippen LogP contribution in [0.3, 0.4) is 0 Å². The van der Waals surface area contributed by atoms with E-state index in [0.717, 1.165) is 6.07 Å². The van der Waals surface area contributed by atoms with E-state index in [0.29, 0.717) is 5.76 Å². The normalized spacial score (nSPS) is 11.5. The smallest absolute Gasteiger partial charge is 0.417 e. The van der Waals surface area contributed by atoms with Gasteiger partial charge in [0.25, 0.3) is 0 Å². The van der Waals surface area contributed by atoms with E-state index in [1.165, 1.54) is 24.5 Å². The zero-order chi connectivity index (χ0) is 13.9. The van der Waals surface area contributed by atoms with Crippen molar-refractivity contribution >= 4 is 5.78 Å². The average Bonchev–Trinajstić information content (AvgIpc) is 2.88. The van der Waals surface area contributed by atoms with Crippen LogP contribution in [0.5, 0.6) is 0 Å². The van der Waals surface area contributed by atoms with Gasteiger partial charge in [-0.15, -0.1) is 0 Å². The molecule has 0 spiro atoms. The van der Waals surface area contributed by atoms with Crippen LogP contribution in [0.1, 0.15) is 28.1 Å². The van der Waals surface area contributed by atoms with E-state index in [4.69, 9.17) is 4.42 Å². The van der Waals surface area contributed by atoms with Gasteiger partial charge in [0, 0.05) is 18.4 Å². The number of carbonyl (C=O) groups is 1. The van der Waals surface area contributed by atoms with Gasteiger partial charge in [-0.2, -0.15) is 13.2 Å². The third-order valence-electron chi connectivity index (χ3n) is 2.71. The Morgan fingerprint density at radius 2 is 1.84 bits per heavy atom. The molecule has 1 aromatic heterocycles. The molecular weight excluding hydrogens is 257 g/mol. The van der Waals surface area contributed by atoms with Crippen molar-refractivity contribution in [1.29, 1.82) is 0 Å². The van der Waals surface area contributed by atoms with Crippen molar-refractivity contribution in [1.82, 2.24) is 0 Å². The molecule has 2 rings (SSSR count). The minimum Gasteiger partial charge on any atom is -0.469 e. The zero-order valence-corrected chi connectivity index (χ0v) is 9.91. The molecule has 1 heterocycles. The van der Waals surface area contributed by atoms with Crippen LogP contribution in [0.2, 0.25) is 0 Å². The summed E-state index contributed by atoms with van der Waals surface area (Å²) in [4.78, 5) is 11.9. The quantitative estimate of drug-likeness (QED) is 0.781. The highest BCUT2D eigenvalue weighted by Crippen LogP contribution is 2.32. The Balaban J connectivity index is 2.15. The van der Waals surface area contributed by atoms with Crippen LogP contribution in [0.15, 0.2) is 47.1 Å². The largest absolute Gasteiger partial charge is 0.469 e. The topological polar surface area (TPSA) is 30.2 Å². The maximum absolute atomic E-state index is 12.8. The Morgan fingerprint density at radius 3 is 2.47 bits per heavy atom. The van der Waals surface area contributed by atoms with Crippen LogP contribution in [-0.2, 0) is 12.6 Å². The van der Waals surface area contributed by atoms with Crippen LogP contribution in [-0.4, -0.2) is 5.78 Å². The lowest BCUT2D eigenvalue weighted by molar-refractivity contribution is -0.137. The van der Waals surface area contributed by atoms with Crippen molar-refractivity contribution < 1.29 is 22.4 Å². The molecule has 0 atom stereocenters. The fraction of sp³-hybridized carbons (Fsp3) is 0.214. The van der Waals surface area contributed by atoms with Crippen LogP contribution >= 0.6 is 0 Å². The molecule has 0 saturated carbocycles. The van der Waals surface area contributed by atoms with Crippen molar-refractivity contribution in [3.63, 3.8) is 0 Å². The van der Waals surface area contributed by atoms with Gasteiger partial charge in [0.2, 0.25) is 0 Å². The van der Waals surface area contributed by atoms with E-state index in [2.05, 4.69) is 0 Å². The fourth-order valence-corrected chi connectivity index (χ4v) is 1.80. The van der Waals surface area contributed by atoms with Crippen molar-refractivity contribution in [2.75, 3.05) is 0 Å². The van der Waals surface area contributed by atoms with Gasteiger partial charge in [0.1, 0.15) is 5.76 Å². The zero-order valence-electron chi connectivity index (χ0n) is 9.91. The number of hydrogen-bond donors (Lipinski definition) is 0. The first-order chi connectivity index (χ1) is 8.98. The van der Waals surface area contributed by atoms with E-state index >= 15 is 0 Å². The van der Waals surface area contributed by atoms with E-state index in [1.54, 1.807) is 12.1 Å². The Bertz CT molecular complexity index is 556. The number of Topliss-reactive ketones (excluding diaryl/α,β-unsaturated/α-hetero) is 1. The number of halogens is 3. The second-order valence-corrected chi connectivity index (χ2v) is 4.05. The number of alkyl halides is 3. The summed E-state index contributed by atoms with van der Waals surface area (Å²) in [5.74, 6) is 0.0437. The van der Waals surface area contributed by atoms with Crippen LogP contribution in [0, 0.1) is 0 Å². The predicted octanol–water partition coefficient (Wildman–Crippen LogP) is 4.11. The molecule has 0 aliphatic carbocycles. The number of rotatable bonds is 4. The summed E-state index contributed by atoms with van der Waals surface area (Å²) < 4.78 is 43.3. The summed E-state index contributed by atoms with van der Waals surface area (Å²) in [6.45, 7) is 0. The van der Waals surface area contributed by atoms with Gasteiger partial charge in [0.05, 0.1) is 11.8 Å². The van der Waals surface area contributed by atoms with Crippen molar-refractivity contribution in [3.05, 3.63) is 59.5 Å². The van der Waals surface area contributed by atoms with E-state index in [1.807, 2.05) is 0 Å². The summed E-state index contributed by atoms with van der Waals surface area (Å²) in [7, 11) is 0. The molecule has 5 heteroatoms. The molecule has 0 saturated heterocycles. The number of benzene rings is 1. The molecule has 0 bridgehead atoms. The Hall–Kier alpha value is -2.04. The van der Waals surface area contributed by atoms with Gasteiger partial charge >= 0.3 is 6.18 Å². The van der Waals surface area contributed by atoms with E-state index in [9.17, 15) is 18.0 Å². The standard InChI is InChI=1S/C14H11F3O2/c15-14(16,17)12-6-2-1-5-11(12)13(18)8-7-10-4-3-9-19-10/h1-6,9H,7-8H2. The van der Waals surface area contributed by atoms with E-state index < -0.39 is 17.5 Å². The summed E-state index contributed by atoms with van der Waals surface area (Å²) in [6, 6.07) is 8.17. The molecule has 0 radical (unpaired) electrons. The van der Waals surface area contributed by atoms with Crippen molar-refractivity contribution in [2.24, 2.45) is 0 Å². The molecule has 0 fully saturated rings. The molecule has 2 nitrogen and oxygen atoms in total. The molecular formula is C14H11F3O2. The van der Waals surface area contributed by atoms with Gasteiger partial charge < -0.3 is 4.42 Å². The number of aryl methyl sites for hydroxylation is 1. The third kappa shape index (κ3) is 3.24. The van der Waals surface area contributed by atoms with E-state index in [-0.39, 0.29) is 18.4 Å². The number of carbonyl (C=O) groups excluding carboxylic acids is 1. The molecule has 2 aromatic rings. The number of furan rings is 1. The molecule has 0 unspecified atom stereocenters. The molecule has 0 aliphatic heterocycles. The highest BCUT2D eigenvalue weighted by atomic mass is 19.4. The molecule has 0 aliphatic rings.